The molecule has 1 aliphatic rings. The summed E-state index contributed by atoms with van der Waals surface area (Å²) in [6.45, 7) is 0. The normalized spacial score (nSPS) is 24.9. The van der Waals surface area contributed by atoms with Crippen LogP contribution in [0.15, 0.2) is 18.2 Å². The van der Waals surface area contributed by atoms with Crippen molar-refractivity contribution in [3.63, 3.8) is 0 Å². The summed E-state index contributed by atoms with van der Waals surface area (Å²) >= 11 is 0. The van der Waals surface area contributed by atoms with E-state index in [1.165, 1.54) is 6.07 Å². The molecule has 118 valence electrons. The number of alkyl halides is 3. The molecular weight excluding hydrogens is 291 g/mol. The molecule has 1 saturated carbocycles. The van der Waals surface area contributed by atoms with E-state index in [2.05, 4.69) is 0 Å². The first-order valence-corrected chi connectivity index (χ1v) is 6.97. The van der Waals surface area contributed by atoms with Crippen molar-refractivity contribution in [2.45, 2.75) is 44.4 Å². The Bertz CT molecular complexity index is 485. The molecule has 1 aliphatic carbocycles. The van der Waals surface area contributed by atoms with Crippen molar-refractivity contribution < 1.29 is 27.1 Å². The van der Waals surface area contributed by atoms with E-state index in [0.29, 0.717) is 24.8 Å². The molecule has 0 saturated heterocycles. The molecule has 0 heterocycles. The van der Waals surface area contributed by atoms with Crippen molar-refractivity contribution in [2.75, 3.05) is 0 Å². The summed E-state index contributed by atoms with van der Waals surface area (Å²) in [4.78, 5) is 0. The smallest absolute Gasteiger partial charge is 0.392 e. The molecule has 0 aromatic heterocycles. The Morgan fingerprint density at radius 3 is 2.38 bits per heavy atom. The van der Waals surface area contributed by atoms with Crippen LogP contribution in [0, 0.1) is 23.5 Å². The van der Waals surface area contributed by atoms with Gasteiger partial charge in [0.2, 0.25) is 0 Å². The van der Waals surface area contributed by atoms with Gasteiger partial charge in [-0.2, -0.15) is 13.2 Å². The van der Waals surface area contributed by atoms with Gasteiger partial charge >= 0.3 is 6.18 Å². The van der Waals surface area contributed by atoms with E-state index in [9.17, 15) is 27.1 Å². The lowest BCUT2D eigenvalue weighted by molar-refractivity contribution is -0.206. The first kappa shape index (κ1) is 16.2. The van der Waals surface area contributed by atoms with E-state index in [1.54, 1.807) is 0 Å². The van der Waals surface area contributed by atoms with Crippen LogP contribution in [0.2, 0.25) is 0 Å². The summed E-state index contributed by atoms with van der Waals surface area (Å²) in [6, 6.07) is 3.12. The molecule has 0 amide bonds. The number of halogens is 5. The van der Waals surface area contributed by atoms with Gasteiger partial charge in [0.25, 0.3) is 0 Å². The van der Waals surface area contributed by atoms with Crippen molar-refractivity contribution in [3.05, 3.63) is 35.4 Å². The largest absolute Gasteiger partial charge is 0.392 e. The topological polar surface area (TPSA) is 20.2 Å². The van der Waals surface area contributed by atoms with Gasteiger partial charge in [0.05, 0.1) is 12.0 Å². The minimum atomic E-state index is -4.33. The van der Waals surface area contributed by atoms with Gasteiger partial charge in [-0.1, -0.05) is 18.9 Å². The predicted molar refractivity (Wildman–Crippen MR) is 67.6 cm³/mol. The highest BCUT2D eigenvalue weighted by Crippen LogP contribution is 2.43. The molecule has 0 bridgehead atoms. The molecular formula is C15H17F5O. The van der Waals surface area contributed by atoms with Gasteiger partial charge in [0, 0.05) is 0 Å². The molecule has 1 nitrogen and oxygen atoms in total. The SMILES string of the molecule is OC(Cc1ccc(F)c(F)c1)C1CCCCC1C(F)(F)F. The molecule has 1 N–H and O–H groups in total. The Balaban J connectivity index is 2.10. The molecule has 3 unspecified atom stereocenters. The second-order valence-corrected chi connectivity index (χ2v) is 5.62. The fourth-order valence-corrected chi connectivity index (χ4v) is 3.09. The van der Waals surface area contributed by atoms with Crippen molar-refractivity contribution in [3.8, 4) is 0 Å². The van der Waals surface area contributed by atoms with Crippen LogP contribution < -0.4 is 0 Å². The molecule has 2 rings (SSSR count). The lowest BCUT2D eigenvalue weighted by Gasteiger charge is -2.36. The maximum Gasteiger partial charge on any atom is 0.392 e. The van der Waals surface area contributed by atoms with Crippen LogP contribution in [0.3, 0.4) is 0 Å². The number of benzene rings is 1. The van der Waals surface area contributed by atoms with Gasteiger partial charge in [0.15, 0.2) is 11.6 Å². The van der Waals surface area contributed by atoms with Crippen LogP contribution in [0.4, 0.5) is 22.0 Å². The minimum Gasteiger partial charge on any atom is -0.392 e. The van der Waals surface area contributed by atoms with E-state index in [0.717, 1.165) is 12.1 Å². The fourth-order valence-electron chi connectivity index (χ4n) is 3.09. The average molecular weight is 308 g/mol. The third-order valence-corrected chi connectivity index (χ3v) is 4.16. The summed E-state index contributed by atoms with van der Waals surface area (Å²) in [5, 5.41) is 10.1. The Kier molecular flexibility index (Phi) is 4.86. The van der Waals surface area contributed by atoms with Gasteiger partial charge in [-0.15, -0.1) is 0 Å². The first-order valence-electron chi connectivity index (χ1n) is 6.97. The Morgan fingerprint density at radius 1 is 1.10 bits per heavy atom. The van der Waals surface area contributed by atoms with Gasteiger partial charge in [-0.05, 0) is 42.9 Å². The van der Waals surface area contributed by atoms with Crippen LogP contribution in [-0.4, -0.2) is 17.4 Å². The summed E-state index contributed by atoms with van der Waals surface area (Å²) in [6.07, 6.45) is -4.18. The van der Waals surface area contributed by atoms with Gasteiger partial charge in [-0.25, -0.2) is 8.78 Å². The molecule has 3 atom stereocenters. The summed E-state index contributed by atoms with van der Waals surface area (Å²) in [7, 11) is 0. The van der Waals surface area contributed by atoms with Crippen molar-refractivity contribution in [1.82, 2.24) is 0 Å². The third-order valence-electron chi connectivity index (χ3n) is 4.16. The van der Waals surface area contributed by atoms with Crippen molar-refractivity contribution in [1.29, 1.82) is 0 Å². The lowest BCUT2D eigenvalue weighted by atomic mass is 9.74. The van der Waals surface area contributed by atoms with E-state index in [-0.39, 0.29) is 12.8 Å². The van der Waals surface area contributed by atoms with E-state index < -0.39 is 35.8 Å². The second kappa shape index (κ2) is 6.30. The fraction of sp³-hybridized carbons (Fsp3) is 0.600. The molecule has 1 aromatic carbocycles. The highest BCUT2D eigenvalue weighted by atomic mass is 19.4. The van der Waals surface area contributed by atoms with Crippen LogP contribution in [0.1, 0.15) is 31.2 Å². The van der Waals surface area contributed by atoms with E-state index >= 15 is 0 Å². The van der Waals surface area contributed by atoms with Crippen LogP contribution >= 0.6 is 0 Å². The molecule has 0 spiro atoms. The predicted octanol–water partition coefficient (Wildman–Crippen LogP) is 4.24. The molecule has 0 radical (unpaired) electrons. The highest BCUT2D eigenvalue weighted by molar-refractivity contribution is 5.18. The second-order valence-electron chi connectivity index (χ2n) is 5.62. The lowest BCUT2D eigenvalue weighted by Crippen LogP contribution is -2.40. The zero-order chi connectivity index (χ0) is 15.6. The molecule has 0 aliphatic heterocycles. The maximum atomic E-state index is 13.1. The summed E-state index contributed by atoms with van der Waals surface area (Å²) in [5.41, 5.74) is 0.299. The van der Waals surface area contributed by atoms with Gasteiger partial charge in [0.1, 0.15) is 0 Å². The Labute approximate surface area is 119 Å². The quantitative estimate of drug-likeness (QED) is 0.828. The molecule has 6 heteroatoms. The third kappa shape index (κ3) is 3.93. The molecule has 1 aromatic rings. The van der Waals surface area contributed by atoms with Gasteiger partial charge < -0.3 is 5.11 Å². The van der Waals surface area contributed by atoms with Crippen LogP contribution in [0.5, 0.6) is 0 Å². The number of hydrogen-bond acceptors (Lipinski definition) is 1. The number of hydrogen-bond donors (Lipinski definition) is 1. The molecule has 1 fully saturated rings. The van der Waals surface area contributed by atoms with E-state index in [4.69, 9.17) is 0 Å². The van der Waals surface area contributed by atoms with E-state index in [1.807, 2.05) is 0 Å². The monoisotopic (exact) mass is 308 g/mol. The minimum absolute atomic E-state index is 0.0169. The number of rotatable bonds is 3. The zero-order valence-corrected chi connectivity index (χ0v) is 11.3. The van der Waals surface area contributed by atoms with Gasteiger partial charge in [-0.3, -0.25) is 0 Å². The maximum absolute atomic E-state index is 13.1. The van der Waals surface area contributed by atoms with Crippen LogP contribution in [-0.2, 0) is 6.42 Å². The highest BCUT2D eigenvalue weighted by Gasteiger charge is 2.47. The first-order chi connectivity index (χ1) is 9.79. The summed E-state index contributed by atoms with van der Waals surface area (Å²) < 4.78 is 64.9. The number of aliphatic hydroxyl groups is 1. The molecule has 21 heavy (non-hydrogen) atoms. The standard InChI is InChI=1S/C15H17F5O/c16-12-6-5-9(7-13(12)17)8-14(21)10-3-1-2-4-11(10)15(18,19)20/h5-7,10-11,14,21H,1-4,8H2. The average Bonchev–Trinajstić information content (AvgIpc) is 2.42. The van der Waals surface area contributed by atoms with Crippen molar-refractivity contribution in [2.24, 2.45) is 11.8 Å². The zero-order valence-electron chi connectivity index (χ0n) is 11.3. The van der Waals surface area contributed by atoms with Crippen LogP contribution in [0.25, 0.3) is 0 Å². The van der Waals surface area contributed by atoms with Crippen molar-refractivity contribution >= 4 is 0 Å². The number of aliphatic hydroxyl groups excluding tert-OH is 1. The Morgan fingerprint density at radius 2 is 1.76 bits per heavy atom. The summed E-state index contributed by atoms with van der Waals surface area (Å²) in [5.74, 6) is -4.48. The Hall–Kier alpha value is -1.17.